The molecule has 0 bridgehead atoms. The molecule has 1 aromatic heterocycles. The summed E-state index contributed by atoms with van der Waals surface area (Å²) in [7, 11) is 0. The highest BCUT2D eigenvalue weighted by Gasteiger charge is 2.23. The minimum Gasteiger partial charge on any atom is -0.506 e. The number of pyridine rings is 1. The Bertz CT molecular complexity index is 672. The fourth-order valence-electron chi connectivity index (χ4n) is 1.95. The third-order valence-corrected chi connectivity index (χ3v) is 2.82. The lowest BCUT2D eigenvalue weighted by molar-refractivity contribution is 0.110. The van der Waals surface area contributed by atoms with Gasteiger partial charge >= 0.3 is 0 Å². The first-order chi connectivity index (χ1) is 8.75. The molecule has 1 aromatic carbocycles. The molecule has 0 aliphatic carbocycles. The molecule has 0 saturated carbocycles. The Morgan fingerprint density at radius 3 is 2.72 bits per heavy atom. The maximum Gasteiger partial charge on any atom is 0.253 e. The minimum absolute atomic E-state index is 0.0157. The van der Waals surface area contributed by atoms with Crippen molar-refractivity contribution in [3.63, 3.8) is 0 Å². The van der Waals surface area contributed by atoms with Gasteiger partial charge in [0.2, 0.25) is 6.23 Å². The first kappa shape index (κ1) is 10.7. The van der Waals surface area contributed by atoms with E-state index < -0.39 is 6.23 Å². The molecule has 1 unspecified atom stereocenters. The van der Waals surface area contributed by atoms with Crippen LogP contribution in [0, 0.1) is 0 Å². The van der Waals surface area contributed by atoms with Crippen molar-refractivity contribution in [2.24, 2.45) is 0 Å². The summed E-state index contributed by atoms with van der Waals surface area (Å²) < 4.78 is 7.00. The van der Waals surface area contributed by atoms with Crippen LogP contribution in [0.25, 0.3) is 6.08 Å². The van der Waals surface area contributed by atoms with Crippen molar-refractivity contribution in [3.8, 4) is 5.75 Å². The lowest BCUT2D eigenvalue weighted by Crippen LogP contribution is -2.29. The zero-order valence-corrected chi connectivity index (χ0v) is 9.48. The van der Waals surface area contributed by atoms with Crippen LogP contribution in [0.1, 0.15) is 11.8 Å². The first-order valence-electron chi connectivity index (χ1n) is 5.59. The Balaban J connectivity index is 2.08. The molecular weight excluding hydrogens is 230 g/mol. The Kier molecular flexibility index (Phi) is 2.41. The van der Waals surface area contributed by atoms with Gasteiger partial charge in [0.1, 0.15) is 5.75 Å². The number of nitrogens with zero attached hydrogens (tertiary/aromatic N) is 1. The molecule has 1 aliphatic rings. The van der Waals surface area contributed by atoms with Crippen molar-refractivity contribution in [1.29, 1.82) is 0 Å². The molecule has 0 radical (unpaired) electrons. The number of benzene rings is 1. The predicted octanol–water partition coefficient (Wildman–Crippen LogP) is 2.34. The molecule has 2 aromatic rings. The van der Waals surface area contributed by atoms with Crippen molar-refractivity contribution < 1.29 is 9.84 Å². The van der Waals surface area contributed by atoms with Gasteiger partial charge in [0.05, 0.1) is 0 Å². The molecular formula is C14H11NO3. The van der Waals surface area contributed by atoms with Crippen LogP contribution in [0.4, 0.5) is 0 Å². The van der Waals surface area contributed by atoms with Gasteiger partial charge < -0.3 is 9.84 Å². The predicted molar refractivity (Wildman–Crippen MR) is 67.4 cm³/mol. The lowest BCUT2D eigenvalue weighted by atomic mass is 10.1. The molecule has 0 spiro atoms. The van der Waals surface area contributed by atoms with Gasteiger partial charge in [0, 0.05) is 17.8 Å². The number of ether oxygens (including phenoxy) is 1. The second-order valence-corrected chi connectivity index (χ2v) is 4.02. The quantitative estimate of drug-likeness (QED) is 0.833. The van der Waals surface area contributed by atoms with Crippen LogP contribution < -0.4 is 10.3 Å². The zero-order valence-electron chi connectivity index (χ0n) is 9.48. The zero-order chi connectivity index (χ0) is 12.5. The van der Waals surface area contributed by atoms with Crippen LogP contribution in [0.2, 0.25) is 0 Å². The van der Waals surface area contributed by atoms with Crippen LogP contribution in [0.5, 0.6) is 5.75 Å². The molecule has 1 N–H and O–H groups in total. The number of aromatic nitrogens is 1. The van der Waals surface area contributed by atoms with E-state index in [1.54, 1.807) is 30.5 Å². The molecule has 4 nitrogen and oxygen atoms in total. The van der Waals surface area contributed by atoms with E-state index in [1.807, 2.05) is 18.2 Å². The molecule has 4 heteroatoms. The number of rotatable bonds is 1. The van der Waals surface area contributed by atoms with Gasteiger partial charge in [-0.1, -0.05) is 24.3 Å². The number of hydrogen-bond donors (Lipinski definition) is 1. The Labute approximate surface area is 103 Å². The number of aliphatic hydroxyl groups excluding tert-OH is 1. The van der Waals surface area contributed by atoms with Gasteiger partial charge in [-0.25, -0.2) is 0 Å². The Hall–Kier alpha value is -2.49. The third-order valence-electron chi connectivity index (χ3n) is 2.82. The summed E-state index contributed by atoms with van der Waals surface area (Å²) in [5, 5.41) is 9.97. The van der Waals surface area contributed by atoms with Crippen molar-refractivity contribution in [1.82, 2.24) is 4.57 Å². The topological polar surface area (TPSA) is 51.5 Å². The summed E-state index contributed by atoms with van der Waals surface area (Å²) in [6.07, 6.45) is 2.40. The number of hydrogen-bond acceptors (Lipinski definition) is 3. The number of para-hydroxylation sites is 1. The van der Waals surface area contributed by atoms with Crippen LogP contribution >= 0.6 is 0 Å². The summed E-state index contributed by atoms with van der Waals surface area (Å²) in [5.74, 6) is 0.665. The maximum atomic E-state index is 11.7. The van der Waals surface area contributed by atoms with Gasteiger partial charge in [-0.15, -0.1) is 0 Å². The third kappa shape index (κ3) is 1.68. The average molecular weight is 241 g/mol. The van der Waals surface area contributed by atoms with E-state index in [0.717, 1.165) is 5.56 Å². The van der Waals surface area contributed by atoms with Crippen LogP contribution in [-0.2, 0) is 0 Å². The molecule has 90 valence electrons. The van der Waals surface area contributed by atoms with Gasteiger partial charge in [0.25, 0.3) is 5.56 Å². The largest absolute Gasteiger partial charge is 0.506 e. The molecule has 2 heterocycles. The van der Waals surface area contributed by atoms with E-state index in [2.05, 4.69) is 0 Å². The molecule has 3 rings (SSSR count). The van der Waals surface area contributed by atoms with Gasteiger partial charge in [-0.3, -0.25) is 9.36 Å². The Morgan fingerprint density at radius 1 is 1.11 bits per heavy atom. The second-order valence-electron chi connectivity index (χ2n) is 4.02. The van der Waals surface area contributed by atoms with E-state index in [4.69, 9.17) is 4.74 Å². The van der Waals surface area contributed by atoms with Gasteiger partial charge in [-0.05, 0) is 18.2 Å². The molecule has 0 saturated heterocycles. The molecule has 18 heavy (non-hydrogen) atoms. The fourth-order valence-corrected chi connectivity index (χ4v) is 1.95. The molecule has 1 aliphatic heterocycles. The fraction of sp³-hybridized carbons (Fsp3) is 0.0714. The van der Waals surface area contributed by atoms with Gasteiger partial charge in [0.15, 0.2) is 5.76 Å². The minimum atomic E-state index is -0.798. The average Bonchev–Trinajstić information content (AvgIpc) is 2.39. The maximum absolute atomic E-state index is 11.7. The van der Waals surface area contributed by atoms with E-state index in [1.165, 1.54) is 10.6 Å². The van der Waals surface area contributed by atoms with Crippen molar-refractivity contribution in [3.05, 3.63) is 70.3 Å². The van der Waals surface area contributed by atoms with E-state index in [-0.39, 0.29) is 11.3 Å². The Morgan fingerprint density at radius 2 is 1.89 bits per heavy atom. The normalized spacial score (nSPS) is 17.6. The highest BCUT2D eigenvalue weighted by Crippen LogP contribution is 2.32. The monoisotopic (exact) mass is 241 g/mol. The molecule has 0 fully saturated rings. The van der Waals surface area contributed by atoms with E-state index >= 15 is 0 Å². The van der Waals surface area contributed by atoms with E-state index in [0.29, 0.717) is 5.75 Å². The van der Waals surface area contributed by atoms with Crippen LogP contribution in [0.3, 0.4) is 0 Å². The molecule has 1 atom stereocenters. The first-order valence-corrected chi connectivity index (χ1v) is 5.59. The summed E-state index contributed by atoms with van der Waals surface area (Å²) in [5.41, 5.74) is 0.581. The summed E-state index contributed by atoms with van der Waals surface area (Å²) in [6.45, 7) is 0. The lowest BCUT2D eigenvalue weighted by Gasteiger charge is -2.25. The van der Waals surface area contributed by atoms with Crippen molar-refractivity contribution in [2.45, 2.75) is 6.23 Å². The van der Waals surface area contributed by atoms with Crippen LogP contribution in [-0.4, -0.2) is 9.67 Å². The SMILES string of the molecule is O=c1ccccn1C1Oc2ccccc2C=C1O. The highest BCUT2D eigenvalue weighted by atomic mass is 16.5. The van der Waals surface area contributed by atoms with E-state index in [9.17, 15) is 9.90 Å². The summed E-state index contributed by atoms with van der Waals surface area (Å²) in [4.78, 5) is 11.7. The highest BCUT2D eigenvalue weighted by molar-refractivity contribution is 5.60. The number of fused-ring (bicyclic) bond motifs is 1. The van der Waals surface area contributed by atoms with Crippen LogP contribution in [0.15, 0.2) is 59.2 Å². The smallest absolute Gasteiger partial charge is 0.253 e. The summed E-state index contributed by atoms with van der Waals surface area (Å²) in [6, 6.07) is 12.2. The van der Waals surface area contributed by atoms with Crippen molar-refractivity contribution in [2.75, 3.05) is 0 Å². The second kappa shape index (κ2) is 4.07. The number of aliphatic hydroxyl groups is 1. The summed E-state index contributed by atoms with van der Waals surface area (Å²) >= 11 is 0. The standard InChI is InChI=1S/C14H11NO3/c16-11-9-10-5-1-2-6-12(10)18-14(11)15-8-4-3-7-13(15)17/h1-9,14,16H. The van der Waals surface area contributed by atoms with Crippen molar-refractivity contribution >= 4 is 6.08 Å². The van der Waals surface area contributed by atoms with Gasteiger partial charge in [-0.2, -0.15) is 0 Å². The molecule has 0 amide bonds.